The summed E-state index contributed by atoms with van der Waals surface area (Å²) in [6, 6.07) is 12.9. The minimum absolute atomic E-state index is 0.576. The van der Waals surface area contributed by atoms with Gasteiger partial charge in [0, 0.05) is 5.56 Å². The van der Waals surface area contributed by atoms with E-state index in [9.17, 15) is 5.11 Å². The first-order valence-corrected chi connectivity index (χ1v) is 6.69. The van der Waals surface area contributed by atoms with Gasteiger partial charge in [0.2, 0.25) is 0 Å². The van der Waals surface area contributed by atoms with Crippen LogP contribution < -0.4 is 9.47 Å². The molecule has 0 saturated heterocycles. The molecule has 0 unspecified atom stereocenters. The van der Waals surface area contributed by atoms with E-state index >= 15 is 0 Å². The zero-order valence-electron chi connectivity index (χ0n) is 10.8. The van der Waals surface area contributed by atoms with Gasteiger partial charge in [0.1, 0.15) is 17.2 Å². The van der Waals surface area contributed by atoms with Gasteiger partial charge in [-0.1, -0.05) is 18.2 Å². The molecule has 4 heteroatoms. The van der Waals surface area contributed by atoms with Crippen molar-refractivity contribution in [3.8, 4) is 17.2 Å². The Kier molecular flexibility index (Phi) is 4.45. The first kappa shape index (κ1) is 13.9. The Morgan fingerprint density at radius 2 is 1.84 bits per heavy atom. The normalized spacial score (nSPS) is 12.0. The number of hydrogen-bond acceptors (Lipinski definition) is 3. The quantitative estimate of drug-likeness (QED) is 0.911. The molecule has 0 radical (unpaired) electrons. The van der Waals surface area contributed by atoms with E-state index in [0.29, 0.717) is 11.5 Å². The summed E-state index contributed by atoms with van der Waals surface area (Å²) in [5, 5.41) is 9.72. The standard InChI is InChI=1S/C15H15BrO3/c1-10(17)12-5-3-4-6-14(12)19-15-8-7-11(18-2)9-13(15)16/h3-10,17H,1-2H3/t10-/m1/s1. The van der Waals surface area contributed by atoms with Crippen LogP contribution in [0.3, 0.4) is 0 Å². The summed E-state index contributed by atoms with van der Waals surface area (Å²) < 4.78 is 11.8. The summed E-state index contributed by atoms with van der Waals surface area (Å²) in [6.45, 7) is 1.71. The lowest BCUT2D eigenvalue weighted by Crippen LogP contribution is -1.96. The number of methoxy groups -OCH3 is 1. The lowest BCUT2D eigenvalue weighted by molar-refractivity contribution is 0.195. The summed E-state index contributed by atoms with van der Waals surface area (Å²) in [5.74, 6) is 2.07. The third-order valence-corrected chi connectivity index (χ3v) is 3.35. The van der Waals surface area contributed by atoms with E-state index in [2.05, 4.69) is 15.9 Å². The average molecular weight is 323 g/mol. The van der Waals surface area contributed by atoms with Gasteiger partial charge in [-0.05, 0) is 47.1 Å². The van der Waals surface area contributed by atoms with Crippen LogP contribution >= 0.6 is 15.9 Å². The summed E-state index contributed by atoms with van der Waals surface area (Å²) in [7, 11) is 1.62. The van der Waals surface area contributed by atoms with E-state index in [1.54, 1.807) is 14.0 Å². The number of hydrogen-bond donors (Lipinski definition) is 1. The van der Waals surface area contributed by atoms with Crippen LogP contribution in [-0.2, 0) is 0 Å². The maximum atomic E-state index is 9.72. The Hall–Kier alpha value is -1.52. The molecule has 0 aromatic heterocycles. The highest BCUT2D eigenvalue weighted by molar-refractivity contribution is 9.10. The Bertz CT molecular complexity index is 567. The zero-order chi connectivity index (χ0) is 13.8. The summed E-state index contributed by atoms with van der Waals surface area (Å²) in [5.41, 5.74) is 0.755. The molecule has 3 nitrogen and oxygen atoms in total. The zero-order valence-corrected chi connectivity index (χ0v) is 12.3. The van der Waals surface area contributed by atoms with Gasteiger partial charge in [0.05, 0.1) is 17.7 Å². The molecule has 0 bridgehead atoms. The van der Waals surface area contributed by atoms with Crippen molar-refractivity contribution in [2.45, 2.75) is 13.0 Å². The second-order valence-electron chi connectivity index (χ2n) is 4.11. The molecule has 2 aromatic carbocycles. The van der Waals surface area contributed by atoms with Crippen LogP contribution in [0.25, 0.3) is 0 Å². The molecule has 0 aliphatic rings. The van der Waals surface area contributed by atoms with Crippen molar-refractivity contribution in [3.63, 3.8) is 0 Å². The maximum Gasteiger partial charge on any atom is 0.141 e. The Balaban J connectivity index is 2.31. The minimum Gasteiger partial charge on any atom is -0.497 e. The van der Waals surface area contributed by atoms with Crippen molar-refractivity contribution in [2.24, 2.45) is 0 Å². The smallest absolute Gasteiger partial charge is 0.141 e. The highest BCUT2D eigenvalue weighted by Crippen LogP contribution is 2.35. The van der Waals surface area contributed by atoms with E-state index in [1.165, 1.54) is 0 Å². The van der Waals surface area contributed by atoms with Crippen LogP contribution in [0.4, 0.5) is 0 Å². The SMILES string of the molecule is COc1ccc(Oc2ccccc2[C@@H](C)O)c(Br)c1. The second-order valence-corrected chi connectivity index (χ2v) is 4.97. The molecule has 0 spiro atoms. The number of benzene rings is 2. The van der Waals surface area contributed by atoms with Crippen molar-refractivity contribution < 1.29 is 14.6 Å². The van der Waals surface area contributed by atoms with Crippen LogP contribution in [0.15, 0.2) is 46.9 Å². The van der Waals surface area contributed by atoms with Crippen LogP contribution in [0.1, 0.15) is 18.6 Å². The first-order chi connectivity index (χ1) is 9.11. The molecule has 0 saturated carbocycles. The van der Waals surface area contributed by atoms with Crippen LogP contribution in [-0.4, -0.2) is 12.2 Å². The molecular formula is C15H15BrO3. The lowest BCUT2D eigenvalue weighted by atomic mass is 10.1. The molecule has 0 aliphatic heterocycles. The van der Waals surface area contributed by atoms with Gasteiger partial charge < -0.3 is 14.6 Å². The van der Waals surface area contributed by atoms with E-state index in [1.807, 2.05) is 42.5 Å². The predicted molar refractivity (Wildman–Crippen MR) is 77.8 cm³/mol. The van der Waals surface area contributed by atoms with Gasteiger partial charge in [-0.3, -0.25) is 0 Å². The number of halogens is 1. The van der Waals surface area contributed by atoms with Gasteiger partial charge in [-0.2, -0.15) is 0 Å². The van der Waals surface area contributed by atoms with Crippen LogP contribution in [0.2, 0.25) is 0 Å². The molecule has 100 valence electrons. The predicted octanol–water partition coefficient (Wildman–Crippen LogP) is 4.30. The van der Waals surface area contributed by atoms with E-state index in [0.717, 1.165) is 15.8 Å². The van der Waals surface area contributed by atoms with Gasteiger partial charge in [0.15, 0.2) is 0 Å². The number of rotatable bonds is 4. The van der Waals surface area contributed by atoms with Crippen molar-refractivity contribution in [1.82, 2.24) is 0 Å². The summed E-state index contributed by atoms with van der Waals surface area (Å²) >= 11 is 3.44. The largest absolute Gasteiger partial charge is 0.497 e. The van der Waals surface area contributed by atoms with E-state index < -0.39 is 6.10 Å². The van der Waals surface area contributed by atoms with Gasteiger partial charge >= 0.3 is 0 Å². The van der Waals surface area contributed by atoms with E-state index in [4.69, 9.17) is 9.47 Å². The molecular weight excluding hydrogens is 308 g/mol. The second kappa shape index (κ2) is 6.08. The molecule has 0 fully saturated rings. The Morgan fingerprint density at radius 1 is 1.11 bits per heavy atom. The highest BCUT2D eigenvalue weighted by atomic mass is 79.9. The fourth-order valence-electron chi connectivity index (χ4n) is 1.73. The highest BCUT2D eigenvalue weighted by Gasteiger charge is 2.11. The van der Waals surface area contributed by atoms with Crippen molar-refractivity contribution in [3.05, 3.63) is 52.5 Å². The molecule has 2 aromatic rings. The maximum absolute atomic E-state index is 9.72. The number of aliphatic hydroxyl groups is 1. The monoisotopic (exact) mass is 322 g/mol. The average Bonchev–Trinajstić information content (AvgIpc) is 2.41. The Morgan fingerprint density at radius 3 is 2.47 bits per heavy atom. The molecule has 1 N–H and O–H groups in total. The van der Waals surface area contributed by atoms with Crippen molar-refractivity contribution >= 4 is 15.9 Å². The van der Waals surface area contributed by atoms with Crippen molar-refractivity contribution in [1.29, 1.82) is 0 Å². The molecule has 19 heavy (non-hydrogen) atoms. The van der Waals surface area contributed by atoms with E-state index in [-0.39, 0.29) is 0 Å². The number of aliphatic hydroxyl groups excluding tert-OH is 1. The topological polar surface area (TPSA) is 38.7 Å². The molecule has 0 amide bonds. The number of para-hydroxylation sites is 1. The lowest BCUT2D eigenvalue weighted by Gasteiger charge is -2.14. The fourth-order valence-corrected chi connectivity index (χ4v) is 2.17. The molecule has 0 aliphatic carbocycles. The summed E-state index contributed by atoms with van der Waals surface area (Å²) in [6.07, 6.45) is -0.576. The third kappa shape index (κ3) is 3.28. The summed E-state index contributed by atoms with van der Waals surface area (Å²) in [4.78, 5) is 0. The third-order valence-electron chi connectivity index (χ3n) is 2.73. The first-order valence-electron chi connectivity index (χ1n) is 5.90. The molecule has 2 rings (SSSR count). The van der Waals surface area contributed by atoms with Gasteiger partial charge in [-0.15, -0.1) is 0 Å². The number of ether oxygens (including phenoxy) is 2. The molecule has 1 atom stereocenters. The van der Waals surface area contributed by atoms with Crippen LogP contribution in [0, 0.1) is 0 Å². The Labute approximate surface area is 120 Å². The fraction of sp³-hybridized carbons (Fsp3) is 0.200. The van der Waals surface area contributed by atoms with Gasteiger partial charge in [0.25, 0.3) is 0 Å². The van der Waals surface area contributed by atoms with Crippen molar-refractivity contribution in [2.75, 3.05) is 7.11 Å². The van der Waals surface area contributed by atoms with Crippen LogP contribution in [0.5, 0.6) is 17.2 Å². The minimum atomic E-state index is -0.576. The molecule has 0 heterocycles. The van der Waals surface area contributed by atoms with Gasteiger partial charge in [-0.25, -0.2) is 0 Å².